The minimum atomic E-state index is -0.292. The van der Waals surface area contributed by atoms with Gasteiger partial charge in [0, 0.05) is 24.3 Å². The zero-order valence-electron chi connectivity index (χ0n) is 14.6. The Labute approximate surface area is 153 Å². The van der Waals surface area contributed by atoms with E-state index in [1.54, 1.807) is 7.11 Å². The summed E-state index contributed by atoms with van der Waals surface area (Å²) in [5.41, 5.74) is 2.95. The number of hydrogen-bond acceptors (Lipinski definition) is 4. The standard InChI is InChI=1S/C20H23ClO4/c1-23-9-5-6-15-10-16(12-18(21)11-15)14-25-19-8-4-3-7-17(19)13-20(22)24-2/h3-4,7-8,10-12H,5-6,9,13-14H2,1-2H3. The van der Waals surface area contributed by atoms with Crippen LogP contribution in [0.15, 0.2) is 42.5 Å². The number of halogens is 1. The highest BCUT2D eigenvalue weighted by Gasteiger charge is 2.09. The van der Waals surface area contributed by atoms with Crippen LogP contribution in [-0.2, 0) is 33.7 Å². The van der Waals surface area contributed by atoms with Crippen molar-refractivity contribution < 1.29 is 19.0 Å². The highest BCUT2D eigenvalue weighted by Crippen LogP contribution is 2.22. The number of benzene rings is 2. The van der Waals surface area contributed by atoms with Crippen LogP contribution in [0.5, 0.6) is 5.75 Å². The normalized spacial score (nSPS) is 10.5. The molecule has 0 N–H and O–H groups in total. The van der Waals surface area contributed by atoms with Crippen molar-refractivity contribution in [1.82, 2.24) is 0 Å². The summed E-state index contributed by atoms with van der Waals surface area (Å²) in [7, 11) is 3.08. The smallest absolute Gasteiger partial charge is 0.310 e. The second kappa shape index (κ2) is 10.1. The Morgan fingerprint density at radius 1 is 1.08 bits per heavy atom. The third-order valence-electron chi connectivity index (χ3n) is 3.76. The molecule has 5 heteroatoms. The molecular weight excluding hydrogens is 340 g/mol. The molecule has 0 saturated heterocycles. The van der Waals surface area contributed by atoms with E-state index < -0.39 is 0 Å². The Kier molecular flexibility index (Phi) is 7.76. The Hall–Kier alpha value is -2.04. The van der Waals surface area contributed by atoms with Gasteiger partial charge in [-0.25, -0.2) is 0 Å². The van der Waals surface area contributed by atoms with Crippen LogP contribution >= 0.6 is 11.6 Å². The molecule has 2 rings (SSSR count). The van der Waals surface area contributed by atoms with E-state index in [1.165, 1.54) is 7.11 Å². The van der Waals surface area contributed by atoms with Crippen LogP contribution in [0.1, 0.15) is 23.1 Å². The van der Waals surface area contributed by atoms with Crippen molar-refractivity contribution in [3.63, 3.8) is 0 Å². The van der Waals surface area contributed by atoms with Crippen LogP contribution in [0.2, 0.25) is 5.02 Å². The lowest BCUT2D eigenvalue weighted by Gasteiger charge is -2.12. The molecule has 2 aromatic rings. The number of aryl methyl sites for hydroxylation is 1. The van der Waals surface area contributed by atoms with Crippen LogP contribution in [0, 0.1) is 0 Å². The van der Waals surface area contributed by atoms with Gasteiger partial charge in [-0.15, -0.1) is 0 Å². The van der Waals surface area contributed by atoms with E-state index in [0.717, 1.165) is 36.1 Å². The number of hydrogen-bond donors (Lipinski definition) is 0. The minimum Gasteiger partial charge on any atom is -0.489 e. The molecule has 0 aliphatic carbocycles. The third-order valence-corrected chi connectivity index (χ3v) is 3.98. The fourth-order valence-corrected chi connectivity index (χ4v) is 2.83. The summed E-state index contributed by atoms with van der Waals surface area (Å²) >= 11 is 6.22. The molecule has 0 aliphatic heterocycles. The number of para-hydroxylation sites is 1. The van der Waals surface area contributed by atoms with Gasteiger partial charge in [0.1, 0.15) is 12.4 Å². The molecule has 0 fully saturated rings. The molecule has 134 valence electrons. The zero-order chi connectivity index (χ0) is 18.1. The van der Waals surface area contributed by atoms with Gasteiger partial charge in [0.2, 0.25) is 0 Å². The van der Waals surface area contributed by atoms with Crippen LogP contribution in [0.4, 0.5) is 0 Å². The number of carbonyl (C=O) groups excluding carboxylic acids is 1. The molecule has 0 saturated carbocycles. The van der Waals surface area contributed by atoms with Gasteiger partial charge in [0.25, 0.3) is 0 Å². The van der Waals surface area contributed by atoms with Crippen molar-refractivity contribution >= 4 is 17.6 Å². The van der Waals surface area contributed by atoms with Crippen LogP contribution < -0.4 is 4.74 Å². The van der Waals surface area contributed by atoms with Crippen LogP contribution in [-0.4, -0.2) is 26.8 Å². The molecule has 0 unspecified atom stereocenters. The summed E-state index contributed by atoms with van der Waals surface area (Å²) in [6.45, 7) is 1.11. The first kappa shape index (κ1) is 19.3. The van der Waals surface area contributed by atoms with Gasteiger partial charge >= 0.3 is 5.97 Å². The molecule has 4 nitrogen and oxygen atoms in total. The number of methoxy groups -OCH3 is 2. The first-order valence-electron chi connectivity index (χ1n) is 8.17. The van der Waals surface area contributed by atoms with Gasteiger partial charge in [-0.05, 0) is 42.2 Å². The molecule has 0 aliphatic rings. The quantitative estimate of drug-likeness (QED) is 0.495. The minimum absolute atomic E-state index is 0.185. The fourth-order valence-electron chi connectivity index (χ4n) is 2.55. The highest BCUT2D eigenvalue weighted by molar-refractivity contribution is 6.30. The van der Waals surface area contributed by atoms with E-state index in [0.29, 0.717) is 17.4 Å². The molecule has 0 radical (unpaired) electrons. The predicted octanol–water partition coefficient (Wildman–Crippen LogP) is 4.21. The van der Waals surface area contributed by atoms with Gasteiger partial charge in [0.15, 0.2) is 0 Å². The van der Waals surface area contributed by atoms with E-state index in [-0.39, 0.29) is 12.4 Å². The van der Waals surface area contributed by atoms with Crippen molar-refractivity contribution in [3.05, 3.63) is 64.2 Å². The van der Waals surface area contributed by atoms with Gasteiger partial charge in [0.05, 0.1) is 13.5 Å². The van der Waals surface area contributed by atoms with Gasteiger partial charge < -0.3 is 14.2 Å². The maximum atomic E-state index is 11.5. The number of rotatable bonds is 9. The third kappa shape index (κ3) is 6.40. The second-order valence-electron chi connectivity index (χ2n) is 5.71. The molecule has 0 amide bonds. The topological polar surface area (TPSA) is 44.8 Å². The summed E-state index contributed by atoms with van der Waals surface area (Å²) < 4.78 is 15.7. The second-order valence-corrected chi connectivity index (χ2v) is 6.15. The monoisotopic (exact) mass is 362 g/mol. The number of ether oxygens (including phenoxy) is 3. The van der Waals surface area contributed by atoms with Crippen LogP contribution in [0.25, 0.3) is 0 Å². The van der Waals surface area contributed by atoms with Gasteiger partial charge in [-0.2, -0.15) is 0 Å². The summed E-state index contributed by atoms with van der Waals surface area (Å²) in [4.78, 5) is 11.5. The molecule has 25 heavy (non-hydrogen) atoms. The van der Waals surface area contributed by atoms with E-state index in [1.807, 2.05) is 36.4 Å². The fraction of sp³-hybridized carbons (Fsp3) is 0.350. The average Bonchev–Trinajstić information content (AvgIpc) is 2.60. The maximum Gasteiger partial charge on any atom is 0.310 e. The van der Waals surface area contributed by atoms with Crippen molar-refractivity contribution in [2.45, 2.75) is 25.9 Å². The largest absolute Gasteiger partial charge is 0.489 e. The summed E-state index contributed by atoms with van der Waals surface area (Å²) in [5, 5.41) is 0.691. The number of esters is 1. The van der Waals surface area contributed by atoms with Crippen molar-refractivity contribution in [3.8, 4) is 5.75 Å². The van der Waals surface area contributed by atoms with E-state index >= 15 is 0 Å². The van der Waals surface area contributed by atoms with E-state index in [9.17, 15) is 4.79 Å². The molecular formula is C20H23ClO4. The van der Waals surface area contributed by atoms with Gasteiger partial charge in [-0.1, -0.05) is 35.9 Å². The van der Waals surface area contributed by atoms with Crippen molar-refractivity contribution in [1.29, 1.82) is 0 Å². The molecule has 0 spiro atoms. The predicted molar refractivity (Wildman–Crippen MR) is 98.1 cm³/mol. The van der Waals surface area contributed by atoms with Crippen molar-refractivity contribution in [2.75, 3.05) is 20.8 Å². The summed E-state index contributed by atoms with van der Waals surface area (Å²) in [5.74, 6) is 0.382. The first-order valence-corrected chi connectivity index (χ1v) is 8.55. The Morgan fingerprint density at radius 3 is 2.60 bits per heavy atom. The highest BCUT2D eigenvalue weighted by atomic mass is 35.5. The van der Waals surface area contributed by atoms with Crippen LogP contribution in [0.3, 0.4) is 0 Å². The molecule has 2 aromatic carbocycles. The maximum absolute atomic E-state index is 11.5. The molecule has 0 atom stereocenters. The summed E-state index contributed by atoms with van der Waals surface area (Å²) in [6.07, 6.45) is 2.03. The zero-order valence-corrected chi connectivity index (χ0v) is 15.3. The molecule has 0 bridgehead atoms. The van der Waals surface area contributed by atoms with E-state index in [2.05, 4.69) is 6.07 Å². The number of carbonyl (C=O) groups is 1. The molecule has 0 aromatic heterocycles. The Balaban J connectivity index is 2.05. The Morgan fingerprint density at radius 2 is 1.84 bits per heavy atom. The van der Waals surface area contributed by atoms with Crippen molar-refractivity contribution in [2.24, 2.45) is 0 Å². The Bertz CT molecular complexity index is 700. The molecule has 0 heterocycles. The lowest BCUT2D eigenvalue weighted by Crippen LogP contribution is -2.07. The van der Waals surface area contributed by atoms with Gasteiger partial charge in [-0.3, -0.25) is 4.79 Å². The SMILES string of the molecule is COCCCc1cc(Cl)cc(COc2ccccc2CC(=O)OC)c1. The van der Waals surface area contributed by atoms with E-state index in [4.69, 9.17) is 25.8 Å². The summed E-state index contributed by atoms with van der Waals surface area (Å²) in [6, 6.07) is 13.4. The lowest BCUT2D eigenvalue weighted by molar-refractivity contribution is -0.139. The lowest BCUT2D eigenvalue weighted by atomic mass is 10.1. The first-order chi connectivity index (χ1) is 12.1. The average molecular weight is 363 g/mol.